The summed E-state index contributed by atoms with van der Waals surface area (Å²) in [5, 5.41) is 0. The fourth-order valence-electron chi connectivity index (χ4n) is 1.84. The van der Waals surface area contributed by atoms with E-state index in [2.05, 4.69) is 34.0 Å². The third kappa shape index (κ3) is 3.81. The summed E-state index contributed by atoms with van der Waals surface area (Å²) in [5.74, 6) is 0.626. The smallest absolute Gasteiger partial charge is 0.323 e. The first-order valence-corrected chi connectivity index (χ1v) is 7.11. The van der Waals surface area contributed by atoms with Crippen LogP contribution in [0, 0.1) is 0 Å². The maximum Gasteiger partial charge on any atom is 0.323 e. The van der Waals surface area contributed by atoms with Crippen LogP contribution in [0.3, 0.4) is 0 Å². The van der Waals surface area contributed by atoms with E-state index in [4.69, 9.17) is 10.5 Å². The molecule has 6 nitrogen and oxygen atoms in total. The molecule has 0 atom stereocenters. The molecule has 1 heterocycles. The Kier molecular flexibility index (Phi) is 4.92. The number of nitrogen functional groups attached to an aromatic ring is 1. The van der Waals surface area contributed by atoms with Crippen LogP contribution in [0.25, 0.3) is 0 Å². The van der Waals surface area contributed by atoms with Gasteiger partial charge in [-0.2, -0.15) is 15.0 Å². The monoisotopic (exact) mass is 287 g/mol. The second-order valence-corrected chi connectivity index (χ2v) is 4.70. The highest BCUT2D eigenvalue weighted by atomic mass is 16.5. The van der Waals surface area contributed by atoms with Gasteiger partial charge in [0.05, 0.1) is 6.61 Å². The Bertz CT molecular complexity index is 585. The maximum atomic E-state index is 5.72. The van der Waals surface area contributed by atoms with Crippen LogP contribution in [0.4, 0.5) is 17.6 Å². The van der Waals surface area contributed by atoms with Gasteiger partial charge >= 0.3 is 6.01 Å². The van der Waals surface area contributed by atoms with E-state index in [0.717, 1.165) is 18.5 Å². The Morgan fingerprint density at radius 2 is 1.81 bits per heavy atom. The third-order valence-corrected chi connectivity index (χ3v) is 3.09. The number of benzene rings is 1. The minimum absolute atomic E-state index is 0.156. The number of hydrogen-bond donors (Lipinski definition) is 1. The molecule has 1 aromatic heterocycles. The molecule has 1 aromatic carbocycles. The summed E-state index contributed by atoms with van der Waals surface area (Å²) in [6.07, 6.45) is 1.90. The predicted molar refractivity (Wildman–Crippen MR) is 83.9 cm³/mol. The summed E-state index contributed by atoms with van der Waals surface area (Å²) in [6, 6.07) is 8.50. The Labute approximate surface area is 125 Å². The SMILES string of the molecule is CCCOc1nc(N)nc(N(C)c2ccc(CC)cc2)n1. The van der Waals surface area contributed by atoms with Crippen molar-refractivity contribution in [2.45, 2.75) is 26.7 Å². The molecular weight excluding hydrogens is 266 g/mol. The molecule has 2 rings (SSSR count). The predicted octanol–water partition coefficient (Wildman–Crippen LogP) is 2.57. The molecule has 0 amide bonds. The maximum absolute atomic E-state index is 5.72. The van der Waals surface area contributed by atoms with Crippen LogP contribution in [0.1, 0.15) is 25.8 Å². The standard InChI is InChI=1S/C15H21N5O/c1-4-10-21-15-18-13(16)17-14(19-15)20(3)12-8-6-11(5-2)7-9-12/h6-9H,4-5,10H2,1-3H3,(H2,16,17,18,19). The van der Waals surface area contributed by atoms with Gasteiger partial charge in [-0.25, -0.2) is 0 Å². The van der Waals surface area contributed by atoms with Crippen molar-refractivity contribution in [1.82, 2.24) is 15.0 Å². The summed E-state index contributed by atoms with van der Waals surface area (Å²) < 4.78 is 5.43. The van der Waals surface area contributed by atoms with Crippen molar-refractivity contribution in [1.29, 1.82) is 0 Å². The molecule has 0 spiro atoms. The first kappa shape index (κ1) is 15.0. The van der Waals surface area contributed by atoms with Gasteiger partial charge in [-0.15, -0.1) is 0 Å². The van der Waals surface area contributed by atoms with E-state index in [1.54, 1.807) is 0 Å². The molecule has 112 valence electrons. The quantitative estimate of drug-likeness (QED) is 0.880. The van der Waals surface area contributed by atoms with E-state index in [1.807, 2.05) is 31.0 Å². The van der Waals surface area contributed by atoms with Crippen LogP contribution in [0.5, 0.6) is 6.01 Å². The lowest BCUT2D eigenvalue weighted by molar-refractivity contribution is 0.292. The van der Waals surface area contributed by atoms with Gasteiger partial charge in [-0.1, -0.05) is 26.0 Å². The van der Waals surface area contributed by atoms with Gasteiger partial charge < -0.3 is 15.4 Å². The number of rotatable bonds is 6. The molecule has 0 fully saturated rings. The van der Waals surface area contributed by atoms with Gasteiger partial charge in [0.15, 0.2) is 0 Å². The van der Waals surface area contributed by atoms with Crippen LogP contribution in [-0.4, -0.2) is 28.6 Å². The lowest BCUT2D eigenvalue weighted by Crippen LogP contribution is -2.16. The van der Waals surface area contributed by atoms with Gasteiger partial charge in [0.25, 0.3) is 0 Å². The molecule has 0 unspecified atom stereocenters. The fraction of sp³-hybridized carbons (Fsp3) is 0.400. The molecule has 0 bridgehead atoms. The lowest BCUT2D eigenvalue weighted by Gasteiger charge is -2.18. The Morgan fingerprint density at radius 3 is 2.43 bits per heavy atom. The molecule has 0 aliphatic carbocycles. The second kappa shape index (κ2) is 6.88. The third-order valence-electron chi connectivity index (χ3n) is 3.09. The fourth-order valence-corrected chi connectivity index (χ4v) is 1.84. The summed E-state index contributed by atoms with van der Waals surface area (Å²) in [6.45, 7) is 4.70. The van der Waals surface area contributed by atoms with E-state index < -0.39 is 0 Å². The van der Waals surface area contributed by atoms with Crippen LogP contribution in [0.2, 0.25) is 0 Å². The number of anilines is 3. The molecule has 21 heavy (non-hydrogen) atoms. The van der Waals surface area contributed by atoms with E-state index in [9.17, 15) is 0 Å². The first-order valence-electron chi connectivity index (χ1n) is 7.11. The zero-order valence-electron chi connectivity index (χ0n) is 12.7. The van der Waals surface area contributed by atoms with E-state index in [1.165, 1.54) is 5.56 Å². The number of aromatic nitrogens is 3. The Balaban J connectivity index is 2.24. The average Bonchev–Trinajstić information content (AvgIpc) is 2.51. The van der Waals surface area contributed by atoms with Crippen molar-refractivity contribution in [3.63, 3.8) is 0 Å². The molecule has 6 heteroatoms. The van der Waals surface area contributed by atoms with E-state index in [-0.39, 0.29) is 12.0 Å². The average molecular weight is 287 g/mol. The van der Waals surface area contributed by atoms with Gasteiger partial charge in [0.1, 0.15) is 0 Å². The van der Waals surface area contributed by atoms with E-state index in [0.29, 0.717) is 12.6 Å². The number of nitrogens with two attached hydrogens (primary N) is 1. The van der Waals surface area contributed by atoms with E-state index >= 15 is 0 Å². The number of ether oxygens (including phenoxy) is 1. The Morgan fingerprint density at radius 1 is 1.10 bits per heavy atom. The Hall–Kier alpha value is -2.37. The summed E-state index contributed by atoms with van der Waals surface area (Å²) in [5.41, 5.74) is 8.00. The highest BCUT2D eigenvalue weighted by molar-refractivity contribution is 5.57. The molecule has 2 N–H and O–H groups in total. The molecule has 2 aromatic rings. The second-order valence-electron chi connectivity index (χ2n) is 4.70. The lowest BCUT2D eigenvalue weighted by atomic mass is 10.1. The molecule has 0 saturated heterocycles. The normalized spacial score (nSPS) is 10.4. The number of hydrogen-bond acceptors (Lipinski definition) is 6. The van der Waals surface area contributed by atoms with Crippen LogP contribution < -0.4 is 15.4 Å². The minimum Gasteiger partial charge on any atom is -0.463 e. The minimum atomic E-state index is 0.156. The van der Waals surface area contributed by atoms with Crippen LogP contribution in [0.15, 0.2) is 24.3 Å². The van der Waals surface area contributed by atoms with Gasteiger partial charge in [0.2, 0.25) is 11.9 Å². The zero-order chi connectivity index (χ0) is 15.2. The number of aryl methyl sites for hydroxylation is 1. The van der Waals surface area contributed by atoms with Crippen molar-refractivity contribution in [3.8, 4) is 6.01 Å². The van der Waals surface area contributed by atoms with Crippen molar-refractivity contribution >= 4 is 17.6 Å². The van der Waals surface area contributed by atoms with Crippen LogP contribution >= 0.6 is 0 Å². The zero-order valence-corrected chi connectivity index (χ0v) is 12.7. The van der Waals surface area contributed by atoms with Crippen molar-refractivity contribution in [3.05, 3.63) is 29.8 Å². The molecule has 0 saturated carbocycles. The molecule has 0 aliphatic rings. The summed E-state index contributed by atoms with van der Waals surface area (Å²) >= 11 is 0. The molecule has 0 aliphatic heterocycles. The van der Waals surface area contributed by atoms with Crippen molar-refractivity contribution in [2.75, 3.05) is 24.3 Å². The van der Waals surface area contributed by atoms with Crippen molar-refractivity contribution < 1.29 is 4.74 Å². The van der Waals surface area contributed by atoms with Gasteiger partial charge in [-0.3, -0.25) is 0 Å². The van der Waals surface area contributed by atoms with Gasteiger partial charge in [0, 0.05) is 12.7 Å². The topological polar surface area (TPSA) is 77.2 Å². The van der Waals surface area contributed by atoms with Crippen molar-refractivity contribution in [2.24, 2.45) is 0 Å². The summed E-state index contributed by atoms with van der Waals surface area (Å²) in [7, 11) is 1.89. The number of nitrogens with zero attached hydrogens (tertiary/aromatic N) is 4. The van der Waals surface area contributed by atoms with Crippen LogP contribution in [-0.2, 0) is 6.42 Å². The highest BCUT2D eigenvalue weighted by Gasteiger charge is 2.11. The molecular formula is C15H21N5O. The largest absolute Gasteiger partial charge is 0.463 e. The highest BCUT2D eigenvalue weighted by Crippen LogP contribution is 2.22. The molecule has 0 radical (unpaired) electrons. The van der Waals surface area contributed by atoms with Gasteiger partial charge in [-0.05, 0) is 30.5 Å². The first-order chi connectivity index (χ1) is 10.1. The summed E-state index contributed by atoms with van der Waals surface area (Å²) in [4.78, 5) is 14.3.